The topological polar surface area (TPSA) is 64.5 Å². The van der Waals surface area contributed by atoms with Gasteiger partial charge in [-0.2, -0.15) is 0 Å². The first-order valence-electron chi connectivity index (χ1n) is 19.6. The van der Waals surface area contributed by atoms with Crippen LogP contribution < -0.4 is 0 Å². The fourth-order valence-electron chi connectivity index (χ4n) is 7.85. The molecule has 0 saturated heterocycles. The van der Waals surface area contributed by atoms with Crippen LogP contribution in [0.1, 0.15) is 0 Å². The molecule has 11 rings (SSSR count). The lowest BCUT2D eigenvalue weighted by Gasteiger charge is -2.11. The molecule has 59 heavy (non-hydrogen) atoms. The van der Waals surface area contributed by atoms with E-state index in [0.29, 0.717) is 17.5 Å². The molecule has 0 aliphatic rings. The Morgan fingerprint density at radius 3 is 1.49 bits per heavy atom. The third-order valence-corrected chi connectivity index (χ3v) is 11.9. The van der Waals surface area contributed by atoms with Crippen LogP contribution in [0, 0.1) is 0 Å². The van der Waals surface area contributed by atoms with Crippen molar-refractivity contribution in [2.45, 2.75) is 0 Å². The van der Waals surface area contributed by atoms with E-state index in [9.17, 15) is 0 Å². The van der Waals surface area contributed by atoms with Crippen LogP contribution in [-0.2, 0) is 0 Å². The van der Waals surface area contributed by atoms with Gasteiger partial charge in [0.1, 0.15) is 0 Å². The van der Waals surface area contributed by atoms with Crippen molar-refractivity contribution >= 4 is 42.5 Å². The van der Waals surface area contributed by atoms with Gasteiger partial charge >= 0.3 is 0 Å². The number of fused-ring (bicyclic) bond motifs is 5. The zero-order valence-corrected chi connectivity index (χ0v) is 32.5. The quantitative estimate of drug-likeness (QED) is 0.161. The minimum atomic E-state index is 0.623. The molecule has 0 saturated carbocycles. The lowest BCUT2D eigenvalue weighted by molar-refractivity contribution is 1.07. The summed E-state index contributed by atoms with van der Waals surface area (Å²) in [7, 11) is 0. The number of pyridine rings is 2. The number of hydrogen-bond donors (Lipinski definition) is 0. The van der Waals surface area contributed by atoms with E-state index < -0.39 is 0 Å². The lowest BCUT2D eigenvalue weighted by Crippen LogP contribution is -2.00. The number of benzene rings is 7. The van der Waals surface area contributed by atoms with Gasteiger partial charge in [-0.3, -0.25) is 4.98 Å². The molecule has 0 aliphatic carbocycles. The highest BCUT2D eigenvalue weighted by molar-refractivity contribution is 7.26. The van der Waals surface area contributed by atoms with Gasteiger partial charge < -0.3 is 0 Å². The van der Waals surface area contributed by atoms with Crippen molar-refractivity contribution in [1.82, 2.24) is 24.9 Å². The zero-order valence-electron chi connectivity index (χ0n) is 31.7. The highest BCUT2D eigenvalue weighted by Gasteiger charge is 2.18. The Morgan fingerprint density at radius 1 is 0.339 bits per heavy atom. The van der Waals surface area contributed by atoms with Gasteiger partial charge in [-0.25, -0.2) is 19.9 Å². The normalized spacial score (nSPS) is 11.4. The highest BCUT2D eigenvalue weighted by Crippen LogP contribution is 2.43. The third kappa shape index (κ3) is 6.52. The summed E-state index contributed by atoms with van der Waals surface area (Å²) in [6.45, 7) is 0. The molecule has 7 aromatic carbocycles. The predicted molar refractivity (Wildman–Crippen MR) is 244 cm³/mol. The van der Waals surface area contributed by atoms with E-state index in [1.54, 1.807) is 11.3 Å². The van der Waals surface area contributed by atoms with Gasteiger partial charge in [0.05, 0.1) is 21.4 Å². The average molecular weight is 772 g/mol. The summed E-state index contributed by atoms with van der Waals surface area (Å²) in [5.41, 5.74) is 13.4. The molecule has 0 unspecified atom stereocenters. The first kappa shape index (κ1) is 34.6. The summed E-state index contributed by atoms with van der Waals surface area (Å²) < 4.78 is 2.39. The van der Waals surface area contributed by atoms with Crippen molar-refractivity contribution in [2.75, 3.05) is 0 Å². The van der Waals surface area contributed by atoms with E-state index >= 15 is 0 Å². The van der Waals surface area contributed by atoms with Crippen LogP contribution in [0.4, 0.5) is 0 Å². The van der Waals surface area contributed by atoms with Crippen molar-refractivity contribution < 1.29 is 0 Å². The maximum absolute atomic E-state index is 5.21. The Kier molecular flexibility index (Phi) is 8.60. The molecule has 6 heteroatoms. The van der Waals surface area contributed by atoms with Crippen molar-refractivity contribution in [2.24, 2.45) is 0 Å². The predicted octanol–water partition coefficient (Wildman–Crippen LogP) is 13.9. The number of aromatic nitrogens is 5. The summed E-state index contributed by atoms with van der Waals surface area (Å²) in [6, 6.07) is 67.4. The average Bonchev–Trinajstić information content (AvgIpc) is 3.72. The van der Waals surface area contributed by atoms with Crippen LogP contribution in [0.15, 0.2) is 200 Å². The third-order valence-electron chi connectivity index (χ3n) is 10.8. The molecule has 11 aromatic rings. The summed E-state index contributed by atoms with van der Waals surface area (Å²) in [4.78, 5) is 25.0. The maximum Gasteiger partial charge on any atom is 0.164 e. The Balaban J connectivity index is 0.964. The van der Waals surface area contributed by atoms with Gasteiger partial charge in [-0.05, 0) is 69.8 Å². The Hall–Kier alpha value is -7.67. The minimum absolute atomic E-state index is 0.623. The number of rotatable bonds is 7. The van der Waals surface area contributed by atoms with Crippen molar-refractivity contribution in [3.8, 4) is 78.8 Å². The monoisotopic (exact) mass is 771 g/mol. The maximum atomic E-state index is 5.21. The van der Waals surface area contributed by atoms with Crippen LogP contribution >= 0.6 is 11.3 Å². The minimum Gasteiger partial charge on any atom is -0.254 e. The van der Waals surface area contributed by atoms with Gasteiger partial charge in [-0.1, -0.05) is 158 Å². The fraction of sp³-hybridized carbons (Fsp3) is 0. The zero-order chi connectivity index (χ0) is 39.1. The van der Waals surface area contributed by atoms with E-state index in [-0.39, 0.29) is 0 Å². The summed E-state index contributed by atoms with van der Waals surface area (Å²) in [5.74, 6) is 1.89. The molecule has 0 N–H and O–H groups in total. The Labute approximate surface area is 345 Å². The molecule has 0 aliphatic heterocycles. The highest BCUT2D eigenvalue weighted by atomic mass is 32.1. The Morgan fingerprint density at radius 2 is 0.814 bits per heavy atom. The van der Waals surface area contributed by atoms with Crippen LogP contribution in [0.2, 0.25) is 0 Å². The first-order valence-corrected chi connectivity index (χ1v) is 20.4. The van der Waals surface area contributed by atoms with Crippen LogP contribution in [0.3, 0.4) is 0 Å². The Bertz CT molecular complexity index is 3320. The molecule has 0 spiro atoms. The van der Waals surface area contributed by atoms with Crippen LogP contribution in [0.5, 0.6) is 0 Å². The number of thiophene rings is 1. The van der Waals surface area contributed by atoms with E-state index in [2.05, 4.69) is 152 Å². The van der Waals surface area contributed by atoms with E-state index in [0.717, 1.165) is 71.5 Å². The number of nitrogens with zero attached hydrogens (tertiary/aromatic N) is 5. The van der Waals surface area contributed by atoms with Crippen molar-refractivity contribution in [3.63, 3.8) is 0 Å². The molecule has 0 fully saturated rings. The molecule has 0 bridgehead atoms. The fourth-order valence-corrected chi connectivity index (χ4v) is 9.06. The largest absolute Gasteiger partial charge is 0.254 e. The second-order valence-electron chi connectivity index (χ2n) is 14.5. The molecule has 276 valence electrons. The molecule has 5 nitrogen and oxygen atoms in total. The smallest absolute Gasteiger partial charge is 0.164 e. The summed E-state index contributed by atoms with van der Waals surface area (Å²) in [5, 5.41) is 2.38. The van der Waals surface area contributed by atoms with Crippen LogP contribution in [-0.4, -0.2) is 24.9 Å². The molecule has 4 heterocycles. The second kappa shape index (κ2) is 14.7. The molecule has 0 radical (unpaired) electrons. The number of hydrogen-bond acceptors (Lipinski definition) is 6. The molecule has 0 amide bonds. The van der Waals surface area contributed by atoms with Crippen molar-refractivity contribution in [3.05, 3.63) is 200 Å². The van der Waals surface area contributed by atoms with Gasteiger partial charge in [0.25, 0.3) is 0 Å². The van der Waals surface area contributed by atoms with Crippen LogP contribution in [0.25, 0.3) is 110 Å². The first-order chi connectivity index (χ1) is 29.2. The van der Waals surface area contributed by atoms with E-state index in [1.165, 1.54) is 21.0 Å². The van der Waals surface area contributed by atoms with Gasteiger partial charge in [0.2, 0.25) is 0 Å². The van der Waals surface area contributed by atoms with Crippen molar-refractivity contribution in [1.29, 1.82) is 0 Å². The van der Waals surface area contributed by atoms with Gasteiger partial charge in [0, 0.05) is 43.9 Å². The van der Waals surface area contributed by atoms with Gasteiger partial charge in [0.15, 0.2) is 17.5 Å². The standard InChI is InChI=1S/C53H33N5S/c1-3-13-34(14-4-1)35-26-28-37(29-27-35)52-56-51(36-15-5-2-6-16-36)57-53(58-52)43-22-11-20-41(33-43)39-18-9-17-38(31-39)40-19-10-21-42(32-40)48-50-47(44-23-7-8-25-46(44)59-50)49-45(55-48)24-12-30-54-49/h1-33H. The molecular formula is C53H33N5S. The molecule has 0 atom stereocenters. The summed E-state index contributed by atoms with van der Waals surface area (Å²) >= 11 is 1.78. The SMILES string of the molecule is c1ccc(-c2ccc(-c3nc(-c4ccccc4)nc(-c4cccc(-c5cccc(-c6cccc(-c7nc8cccnc8c8c7sc7ccccc78)c6)c5)c4)n3)cc2)cc1. The second-order valence-corrected chi connectivity index (χ2v) is 15.5. The lowest BCUT2D eigenvalue weighted by atomic mass is 9.96. The van der Waals surface area contributed by atoms with E-state index in [1.807, 2.05) is 48.7 Å². The van der Waals surface area contributed by atoms with E-state index in [4.69, 9.17) is 24.9 Å². The van der Waals surface area contributed by atoms with Gasteiger partial charge in [-0.15, -0.1) is 11.3 Å². The summed E-state index contributed by atoms with van der Waals surface area (Å²) in [6.07, 6.45) is 1.86. The molecule has 4 aromatic heterocycles. The molecular weight excluding hydrogens is 739 g/mol.